The number of hydrogen-bond acceptors (Lipinski definition) is 7. The summed E-state index contributed by atoms with van der Waals surface area (Å²) in [5.41, 5.74) is 1.26. The summed E-state index contributed by atoms with van der Waals surface area (Å²) in [5.74, 6) is 2.00. The van der Waals surface area contributed by atoms with Gasteiger partial charge in [-0.25, -0.2) is 9.97 Å². The first-order valence-electron chi connectivity index (χ1n) is 11.7. The predicted octanol–water partition coefficient (Wildman–Crippen LogP) is 3.44. The summed E-state index contributed by atoms with van der Waals surface area (Å²) < 4.78 is 1.74. The minimum Gasteiger partial charge on any atom is -0.353 e. The second-order valence-electron chi connectivity index (χ2n) is 8.82. The molecule has 9 heteroatoms. The molecule has 1 amide bonds. The number of anilines is 1. The number of hydrogen-bond donors (Lipinski definition) is 0. The fraction of sp³-hybridized carbons (Fsp3) is 0.500. The van der Waals surface area contributed by atoms with Crippen molar-refractivity contribution in [3.63, 3.8) is 0 Å². The molecule has 1 aliphatic carbocycles. The number of rotatable bonds is 5. The summed E-state index contributed by atoms with van der Waals surface area (Å²) in [6.45, 7) is 7.71. The SMILES string of the molecule is CCn1c(SCC(=O)N2CCN(c3ccccn3)CC2)nc2sc3c(c2c1=O)CCC(C)C3. The van der Waals surface area contributed by atoms with Gasteiger partial charge in [-0.15, -0.1) is 11.3 Å². The molecule has 1 atom stereocenters. The number of piperazine rings is 1. The third kappa shape index (κ3) is 4.40. The molecule has 7 nitrogen and oxygen atoms in total. The van der Waals surface area contributed by atoms with E-state index in [9.17, 15) is 9.59 Å². The van der Waals surface area contributed by atoms with Crippen molar-refractivity contribution in [3.05, 3.63) is 45.2 Å². The largest absolute Gasteiger partial charge is 0.353 e. The monoisotopic (exact) mass is 483 g/mol. The molecule has 0 radical (unpaired) electrons. The average Bonchev–Trinajstić information content (AvgIpc) is 3.20. The molecule has 1 saturated heterocycles. The molecular weight excluding hydrogens is 454 g/mol. The summed E-state index contributed by atoms with van der Waals surface area (Å²) >= 11 is 3.05. The maximum absolute atomic E-state index is 13.3. The number of carbonyl (C=O) groups excluding carboxylic acids is 1. The zero-order valence-electron chi connectivity index (χ0n) is 19.1. The topological polar surface area (TPSA) is 71.3 Å². The Morgan fingerprint density at radius 1 is 1.24 bits per heavy atom. The Labute approximate surface area is 201 Å². The highest BCUT2D eigenvalue weighted by Crippen LogP contribution is 2.36. The number of aromatic nitrogens is 3. The zero-order chi connectivity index (χ0) is 22.9. The van der Waals surface area contributed by atoms with E-state index in [1.807, 2.05) is 30.0 Å². The van der Waals surface area contributed by atoms with Gasteiger partial charge in [0.25, 0.3) is 5.56 Å². The minimum absolute atomic E-state index is 0.0495. The molecule has 4 heterocycles. The van der Waals surface area contributed by atoms with Crippen molar-refractivity contribution in [2.75, 3.05) is 36.8 Å². The van der Waals surface area contributed by atoms with Crippen LogP contribution in [0.15, 0.2) is 34.3 Å². The number of thiophene rings is 1. The van der Waals surface area contributed by atoms with E-state index in [0.717, 1.165) is 48.4 Å². The summed E-state index contributed by atoms with van der Waals surface area (Å²) in [6.07, 6.45) is 4.92. The molecule has 0 bridgehead atoms. The van der Waals surface area contributed by atoms with Gasteiger partial charge in [0.2, 0.25) is 5.91 Å². The van der Waals surface area contributed by atoms with Gasteiger partial charge in [0.05, 0.1) is 11.1 Å². The Morgan fingerprint density at radius 3 is 2.79 bits per heavy atom. The third-order valence-electron chi connectivity index (χ3n) is 6.63. The zero-order valence-corrected chi connectivity index (χ0v) is 20.8. The fourth-order valence-corrected chi connectivity index (χ4v) is 7.13. The second-order valence-corrected chi connectivity index (χ2v) is 10.8. The second kappa shape index (κ2) is 9.46. The van der Waals surface area contributed by atoms with Crippen LogP contribution in [0.5, 0.6) is 0 Å². The van der Waals surface area contributed by atoms with Crippen LogP contribution in [0.2, 0.25) is 0 Å². The first-order chi connectivity index (χ1) is 16.0. The van der Waals surface area contributed by atoms with Gasteiger partial charge >= 0.3 is 0 Å². The highest BCUT2D eigenvalue weighted by Gasteiger charge is 2.26. The van der Waals surface area contributed by atoms with Crippen LogP contribution in [0.25, 0.3) is 10.2 Å². The van der Waals surface area contributed by atoms with Crippen LogP contribution in [0, 0.1) is 5.92 Å². The number of fused-ring (bicyclic) bond motifs is 3. The van der Waals surface area contributed by atoms with Gasteiger partial charge in [0.1, 0.15) is 10.6 Å². The van der Waals surface area contributed by atoms with E-state index in [-0.39, 0.29) is 11.5 Å². The van der Waals surface area contributed by atoms with Gasteiger partial charge in [-0.05, 0) is 49.8 Å². The van der Waals surface area contributed by atoms with Crippen molar-refractivity contribution >= 4 is 45.0 Å². The van der Waals surface area contributed by atoms with Gasteiger partial charge in [0, 0.05) is 43.8 Å². The van der Waals surface area contributed by atoms with E-state index < -0.39 is 0 Å². The van der Waals surface area contributed by atoms with Crippen LogP contribution in [-0.4, -0.2) is 57.3 Å². The van der Waals surface area contributed by atoms with E-state index in [0.29, 0.717) is 36.5 Å². The van der Waals surface area contributed by atoms with Crippen LogP contribution in [0.3, 0.4) is 0 Å². The molecule has 0 aromatic carbocycles. The van der Waals surface area contributed by atoms with Crippen LogP contribution >= 0.6 is 23.1 Å². The Balaban J connectivity index is 1.28. The molecule has 33 heavy (non-hydrogen) atoms. The average molecular weight is 484 g/mol. The van der Waals surface area contributed by atoms with Crippen molar-refractivity contribution in [3.8, 4) is 0 Å². The first-order valence-corrected chi connectivity index (χ1v) is 13.5. The molecule has 1 aliphatic heterocycles. The Kier molecular flexibility index (Phi) is 6.42. The van der Waals surface area contributed by atoms with Gasteiger partial charge in [-0.2, -0.15) is 0 Å². The van der Waals surface area contributed by atoms with E-state index in [4.69, 9.17) is 4.98 Å². The van der Waals surface area contributed by atoms with Crippen molar-refractivity contribution in [2.45, 2.75) is 44.8 Å². The fourth-order valence-electron chi connectivity index (χ4n) is 4.74. The summed E-state index contributed by atoms with van der Waals surface area (Å²) in [5, 5.41) is 1.46. The molecule has 0 saturated carbocycles. The highest BCUT2D eigenvalue weighted by atomic mass is 32.2. The van der Waals surface area contributed by atoms with E-state index in [1.165, 1.54) is 22.2 Å². The molecule has 1 fully saturated rings. The predicted molar refractivity (Wildman–Crippen MR) is 134 cm³/mol. The maximum atomic E-state index is 13.3. The molecule has 0 N–H and O–H groups in total. The highest BCUT2D eigenvalue weighted by molar-refractivity contribution is 7.99. The van der Waals surface area contributed by atoms with Crippen molar-refractivity contribution in [2.24, 2.45) is 5.92 Å². The van der Waals surface area contributed by atoms with Crippen LogP contribution in [0.4, 0.5) is 5.82 Å². The van der Waals surface area contributed by atoms with Crippen LogP contribution < -0.4 is 10.5 Å². The number of aryl methyl sites for hydroxylation is 1. The molecule has 1 unspecified atom stereocenters. The van der Waals surface area contributed by atoms with Crippen molar-refractivity contribution in [1.82, 2.24) is 19.4 Å². The molecule has 2 aliphatic rings. The summed E-state index contributed by atoms with van der Waals surface area (Å²) in [4.78, 5) is 41.8. The lowest BCUT2D eigenvalue weighted by atomic mass is 9.89. The van der Waals surface area contributed by atoms with E-state index in [1.54, 1.807) is 22.1 Å². The maximum Gasteiger partial charge on any atom is 0.263 e. The lowest BCUT2D eigenvalue weighted by Crippen LogP contribution is -2.49. The summed E-state index contributed by atoms with van der Waals surface area (Å²) in [7, 11) is 0. The van der Waals surface area contributed by atoms with Crippen LogP contribution in [-0.2, 0) is 24.2 Å². The molecule has 3 aromatic heterocycles. The number of pyridine rings is 1. The van der Waals surface area contributed by atoms with E-state index >= 15 is 0 Å². The summed E-state index contributed by atoms with van der Waals surface area (Å²) in [6, 6.07) is 5.90. The Bertz CT molecular complexity index is 1220. The number of carbonyl (C=O) groups is 1. The van der Waals surface area contributed by atoms with E-state index in [2.05, 4.69) is 16.8 Å². The lowest BCUT2D eigenvalue weighted by molar-refractivity contribution is -0.128. The normalized spacial score (nSPS) is 18.5. The van der Waals surface area contributed by atoms with Gasteiger partial charge in [-0.3, -0.25) is 14.2 Å². The third-order valence-corrected chi connectivity index (χ3v) is 8.74. The number of nitrogens with zero attached hydrogens (tertiary/aromatic N) is 5. The molecular formula is C24H29N5O2S2. The Hall–Kier alpha value is -2.39. The lowest BCUT2D eigenvalue weighted by Gasteiger charge is -2.35. The smallest absolute Gasteiger partial charge is 0.263 e. The van der Waals surface area contributed by atoms with Crippen molar-refractivity contribution < 1.29 is 4.79 Å². The Morgan fingerprint density at radius 2 is 2.06 bits per heavy atom. The standard InChI is InChI=1S/C24H29N5O2S2/c1-3-29-23(31)21-17-8-7-16(2)14-18(17)33-22(21)26-24(29)32-15-20(30)28-12-10-27(11-13-28)19-6-4-5-9-25-19/h4-6,9,16H,3,7-8,10-15H2,1-2H3. The van der Waals surface area contributed by atoms with Gasteiger partial charge < -0.3 is 9.80 Å². The molecule has 174 valence electrons. The van der Waals surface area contributed by atoms with Gasteiger partial charge in [-0.1, -0.05) is 24.8 Å². The number of thioether (sulfide) groups is 1. The molecule has 0 spiro atoms. The number of amides is 1. The van der Waals surface area contributed by atoms with Crippen LogP contribution in [0.1, 0.15) is 30.7 Å². The molecule has 3 aromatic rings. The molecule has 5 rings (SSSR count). The first kappa shape index (κ1) is 22.4. The van der Waals surface area contributed by atoms with Crippen molar-refractivity contribution in [1.29, 1.82) is 0 Å². The minimum atomic E-state index is 0.0495. The quantitative estimate of drug-likeness (QED) is 0.409. The van der Waals surface area contributed by atoms with Gasteiger partial charge in [0.15, 0.2) is 5.16 Å².